The van der Waals surface area contributed by atoms with Crippen LogP contribution >= 0.6 is 22.6 Å². The maximum atomic E-state index is 12.5. The van der Waals surface area contributed by atoms with E-state index in [-0.39, 0.29) is 12.4 Å². The van der Waals surface area contributed by atoms with Gasteiger partial charge in [0.2, 0.25) is 6.79 Å². The van der Waals surface area contributed by atoms with Gasteiger partial charge in [0, 0.05) is 6.54 Å². The molecule has 0 unspecified atom stereocenters. The number of rotatable bonds is 8. The van der Waals surface area contributed by atoms with Crippen molar-refractivity contribution in [3.63, 3.8) is 0 Å². The van der Waals surface area contributed by atoms with Crippen LogP contribution < -0.4 is 24.3 Å². The van der Waals surface area contributed by atoms with Gasteiger partial charge in [-0.3, -0.25) is 4.79 Å². The Kier molecular flexibility index (Phi) is 7.54. The molecule has 3 aromatic carbocycles. The van der Waals surface area contributed by atoms with Crippen molar-refractivity contribution in [3.05, 3.63) is 86.5 Å². The SMILES string of the molecule is COc1cc(/C=C(/C#N)C(=O)NCc2ccccc2)cc(I)c1OCc1ccc2c(c1)OCO2. The Morgan fingerprint density at radius 2 is 1.91 bits per heavy atom. The van der Waals surface area contributed by atoms with Crippen LogP contribution in [0.15, 0.2) is 66.2 Å². The van der Waals surface area contributed by atoms with Crippen LogP contribution in [0, 0.1) is 14.9 Å². The Morgan fingerprint density at radius 1 is 1.12 bits per heavy atom. The normalized spacial score (nSPS) is 12.1. The first-order chi connectivity index (χ1) is 16.6. The van der Waals surface area contributed by atoms with Crippen molar-refractivity contribution in [1.82, 2.24) is 5.32 Å². The van der Waals surface area contributed by atoms with Gasteiger partial charge in [-0.2, -0.15) is 5.26 Å². The van der Waals surface area contributed by atoms with Crippen molar-refractivity contribution >= 4 is 34.6 Å². The summed E-state index contributed by atoms with van der Waals surface area (Å²) in [6, 6.07) is 20.7. The average molecular weight is 568 g/mol. The lowest BCUT2D eigenvalue weighted by atomic mass is 10.1. The van der Waals surface area contributed by atoms with Crippen LogP contribution in [0.2, 0.25) is 0 Å². The van der Waals surface area contributed by atoms with Gasteiger partial charge in [-0.05, 0) is 69.6 Å². The maximum absolute atomic E-state index is 12.5. The van der Waals surface area contributed by atoms with E-state index in [1.54, 1.807) is 13.2 Å². The minimum Gasteiger partial charge on any atom is -0.493 e. The van der Waals surface area contributed by atoms with Crippen molar-refractivity contribution in [3.8, 4) is 29.1 Å². The van der Waals surface area contributed by atoms with E-state index in [1.807, 2.05) is 60.7 Å². The quantitative estimate of drug-likeness (QED) is 0.238. The van der Waals surface area contributed by atoms with Crippen LogP contribution in [0.1, 0.15) is 16.7 Å². The summed E-state index contributed by atoms with van der Waals surface area (Å²) >= 11 is 2.15. The van der Waals surface area contributed by atoms with Crippen LogP contribution in [0.25, 0.3) is 6.08 Å². The molecule has 8 heteroatoms. The van der Waals surface area contributed by atoms with Gasteiger partial charge in [-0.25, -0.2) is 0 Å². The molecule has 0 saturated heterocycles. The molecule has 0 spiro atoms. The Morgan fingerprint density at radius 3 is 2.68 bits per heavy atom. The second-order valence-corrected chi connectivity index (χ2v) is 8.51. The topological polar surface area (TPSA) is 89.8 Å². The highest BCUT2D eigenvalue weighted by molar-refractivity contribution is 14.1. The Bertz CT molecular complexity index is 1270. The lowest BCUT2D eigenvalue weighted by Crippen LogP contribution is -2.23. The highest BCUT2D eigenvalue weighted by Gasteiger charge is 2.16. The van der Waals surface area contributed by atoms with Crippen LogP contribution in [0.5, 0.6) is 23.0 Å². The summed E-state index contributed by atoms with van der Waals surface area (Å²) < 4.78 is 23.1. The van der Waals surface area contributed by atoms with E-state index in [1.165, 1.54) is 6.08 Å². The van der Waals surface area contributed by atoms with Gasteiger partial charge in [-0.1, -0.05) is 36.4 Å². The summed E-state index contributed by atoms with van der Waals surface area (Å²) in [7, 11) is 1.55. The van der Waals surface area contributed by atoms with Gasteiger partial charge >= 0.3 is 0 Å². The minimum absolute atomic E-state index is 0.00260. The summed E-state index contributed by atoms with van der Waals surface area (Å²) in [6.07, 6.45) is 1.53. The van der Waals surface area contributed by atoms with E-state index >= 15 is 0 Å². The van der Waals surface area contributed by atoms with Gasteiger partial charge in [0.25, 0.3) is 5.91 Å². The molecule has 0 aliphatic carbocycles. The number of nitrogens with one attached hydrogen (secondary N) is 1. The molecule has 0 bridgehead atoms. The van der Waals surface area contributed by atoms with E-state index in [2.05, 4.69) is 27.9 Å². The second-order valence-electron chi connectivity index (χ2n) is 7.35. The van der Waals surface area contributed by atoms with E-state index in [0.717, 1.165) is 14.7 Å². The molecule has 0 aromatic heterocycles. The largest absolute Gasteiger partial charge is 0.493 e. The fraction of sp³-hybridized carbons (Fsp3) is 0.154. The number of nitrogens with zero attached hydrogens (tertiary/aromatic N) is 1. The van der Waals surface area contributed by atoms with E-state index < -0.39 is 5.91 Å². The minimum atomic E-state index is -0.441. The predicted octanol–water partition coefficient (Wildman–Crippen LogP) is 4.83. The first kappa shape index (κ1) is 23.4. The molecule has 1 aliphatic rings. The first-order valence-electron chi connectivity index (χ1n) is 10.4. The molecule has 1 N–H and O–H groups in total. The van der Waals surface area contributed by atoms with Crippen molar-refractivity contribution in [2.24, 2.45) is 0 Å². The van der Waals surface area contributed by atoms with Crippen molar-refractivity contribution in [1.29, 1.82) is 5.26 Å². The Balaban J connectivity index is 1.48. The molecule has 0 radical (unpaired) electrons. The van der Waals surface area contributed by atoms with Crippen LogP contribution in [-0.4, -0.2) is 19.8 Å². The molecule has 34 heavy (non-hydrogen) atoms. The summed E-state index contributed by atoms with van der Waals surface area (Å²) in [5.74, 6) is 2.04. The molecule has 7 nitrogen and oxygen atoms in total. The fourth-order valence-electron chi connectivity index (χ4n) is 3.34. The number of ether oxygens (including phenoxy) is 4. The molecule has 0 fully saturated rings. The van der Waals surface area contributed by atoms with E-state index in [0.29, 0.717) is 41.7 Å². The molecule has 0 atom stereocenters. The van der Waals surface area contributed by atoms with E-state index in [4.69, 9.17) is 18.9 Å². The number of halogens is 1. The van der Waals surface area contributed by atoms with Crippen molar-refractivity contribution in [2.45, 2.75) is 13.2 Å². The van der Waals surface area contributed by atoms with Gasteiger partial charge in [-0.15, -0.1) is 0 Å². The standard InChI is InChI=1S/C26H21IN2O5/c1-31-24-12-19(9-20(13-28)26(30)29-14-17-5-3-2-4-6-17)10-21(27)25(24)32-15-18-7-8-22-23(11-18)34-16-33-22/h2-12H,14-16H2,1H3,(H,29,30)/b20-9-. The summed E-state index contributed by atoms with van der Waals surface area (Å²) in [5.41, 5.74) is 2.53. The third-order valence-electron chi connectivity index (χ3n) is 5.04. The molecule has 0 saturated carbocycles. The number of hydrogen-bond donors (Lipinski definition) is 1. The lowest BCUT2D eigenvalue weighted by molar-refractivity contribution is -0.117. The molecule has 4 rings (SSSR count). The zero-order valence-corrected chi connectivity index (χ0v) is 20.5. The number of amides is 1. The monoisotopic (exact) mass is 568 g/mol. The highest BCUT2D eigenvalue weighted by atomic mass is 127. The lowest BCUT2D eigenvalue weighted by Gasteiger charge is -2.14. The number of benzene rings is 3. The molecule has 172 valence electrons. The number of hydrogen-bond acceptors (Lipinski definition) is 6. The van der Waals surface area contributed by atoms with Gasteiger partial charge in [0.1, 0.15) is 18.2 Å². The molecule has 3 aromatic rings. The third-order valence-corrected chi connectivity index (χ3v) is 5.85. The zero-order chi connectivity index (χ0) is 23.9. The molecule has 1 amide bonds. The third kappa shape index (κ3) is 5.61. The van der Waals surface area contributed by atoms with Crippen LogP contribution in [-0.2, 0) is 17.9 Å². The van der Waals surface area contributed by atoms with Crippen LogP contribution in [0.3, 0.4) is 0 Å². The van der Waals surface area contributed by atoms with Gasteiger partial charge in [0.05, 0.1) is 10.7 Å². The molecule has 1 aliphatic heterocycles. The predicted molar refractivity (Wildman–Crippen MR) is 134 cm³/mol. The zero-order valence-electron chi connectivity index (χ0n) is 18.3. The fourth-order valence-corrected chi connectivity index (χ4v) is 4.12. The maximum Gasteiger partial charge on any atom is 0.262 e. The molecular weight excluding hydrogens is 547 g/mol. The van der Waals surface area contributed by atoms with Crippen molar-refractivity contribution < 1.29 is 23.7 Å². The highest BCUT2D eigenvalue weighted by Crippen LogP contribution is 2.36. The molecular formula is C26H21IN2O5. The number of carbonyl (C=O) groups excluding carboxylic acids is 1. The number of carbonyl (C=O) groups is 1. The number of fused-ring (bicyclic) bond motifs is 1. The first-order valence-corrected chi connectivity index (χ1v) is 11.5. The summed E-state index contributed by atoms with van der Waals surface area (Å²) in [4.78, 5) is 12.5. The van der Waals surface area contributed by atoms with E-state index in [9.17, 15) is 10.1 Å². The van der Waals surface area contributed by atoms with Crippen LogP contribution in [0.4, 0.5) is 0 Å². The Hall–Kier alpha value is -3.71. The number of methoxy groups -OCH3 is 1. The summed E-state index contributed by atoms with van der Waals surface area (Å²) in [6.45, 7) is 0.866. The van der Waals surface area contributed by atoms with Gasteiger partial charge in [0.15, 0.2) is 23.0 Å². The summed E-state index contributed by atoms with van der Waals surface area (Å²) in [5, 5.41) is 12.3. The smallest absolute Gasteiger partial charge is 0.262 e. The second kappa shape index (κ2) is 10.9. The Labute approximate surface area is 211 Å². The van der Waals surface area contributed by atoms with Gasteiger partial charge < -0.3 is 24.3 Å². The van der Waals surface area contributed by atoms with Crippen molar-refractivity contribution in [2.75, 3.05) is 13.9 Å². The number of nitriles is 1. The molecule has 1 heterocycles. The average Bonchev–Trinajstić information content (AvgIpc) is 3.33.